The van der Waals surface area contributed by atoms with Gasteiger partial charge in [-0.25, -0.2) is 0 Å². The second-order valence-corrected chi connectivity index (χ2v) is 2.80. The lowest BCUT2D eigenvalue weighted by Crippen LogP contribution is -2.20. The fourth-order valence-electron chi connectivity index (χ4n) is 1.35. The van der Waals surface area contributed by atoms with Crippen molar-refractivity contribution in [1.82, 2.24) is 0 Å². The molecule has 11 heavy (non-hydrogen) atoms. The molecule has 0 spiro atoms. The topological polar surface area (TPSA) is 24.1 Å². The summed E-state index contributed by atoms with van der Waals surface area (Å²) in [6.07, 6.45) is 1.53. The number of rotatable bonds is 1. The first-order valence-corrected chi connectivity index (χ1v) is 4.02. The molecule has 0 atom stereocenters. The highest BCUT2D eigenvalue weighted by atomic mass is 15.2. The van der Waals surface area contributed by atoms with Crippen molar-refractivity contribution in [3.63, 3.8) is 0 Å². The first-order valence-electron chi connectivity index (χ1n) is 4.02. The van der Waals surface area contributed by atoms with Crippen LogP contribution in [0.2, 0.25) is 0 Å². The lowest BCUT2D eigenvalue weighted by atomic mass is 10.3. The van der Waals surface area contributed by atoms with Gasteiger partial charge in [0.1, 0.15) is 0 Å². The van der Waals surface area contributed by atoms with Crippen molar-refractivity contribution in [3.05, 3.63) is 24.3 Å². The Balaban J connectivity index is 0.000000720. The van der Waals surface area contributed by atoms with E-state index >= 15 is 0 Å². The molecule has 0 saturated carbocycles. The van der Waals surface area contributed by atoms with Gasteiger partial charge in [-0.1, -0.05) is 19.1 Å². The molecule has 0 aromatic heterocycles. The SMILES string of the molecule is CCC1Nc2ccccc2N1.[HH]. The molecule has 1 heterocycles. The van der Waals surface area contributed by atoms with Crippen LogP contribution in [0, 0.1) is 0 Å². The third kappa shape index (κ3) is 1.04. The number of anilines is 2. The van der Waals surface area contributed by atoms with E-state index in [9.17, 15) is 0 Å². The first-order chi connectivity index (χ1) is 5.40. The second-order valence-electron chi connectivity index (χ2n) is 2.80. The van der Waals surface area contributed by atoms with Crippen LogP contribution in [-0.4, -0.2) is 6.17 Å². The van der Waals surface area contributed by atoms with Gasteiger partial charge >= 0.3 is 0 Å². The van der Waals surface area contributed by atoms with Crippen LogP contribution < -0.4 is 10.6 Å². The van der Waals surface area contributed by atoms with E-state index in [0.29, 0.717) is 6.17 Å². The largest absolute Gasteiger partial charge is 0.364 e. The summed E-state index contributed by atoms with van der Waals surface area (Å²) in [5.41, 5.74) is 2.44. The second kappa shape index (κ2) is 2.46. The van der Waals surface area contributed by atoms with E-state index < -0.39 is 0 Å². The molecule has 0 saturated heterocycles. The molecule has 0 aliphatic carbocycles. The highest BCUT2D eigenvalue weighted by Gasteiger charge is 2.15. The molecule has 2 nitrogen and oxygen atoms in total. The molecule has 0 fully saturated rings. The summed E-state index contributed by atoms with van der Waals surface area (Å²) >= 11 is 0. The van der Waals surface area contributed by atoms with Crippen LogP contribution in [0.15, 0.2) is 24.3 Å². The molecule has 1 aromatic carbocycles. The van der Waals surface area contributed by atoms with E-state index in [1.165, 1.54) is 11.4 Å². The molecule has 2 heteroatoms. The summed E-state index contributed by atoms with van der Waals surface area (Å²) in [5.74, 6) is 0. The molecular formula is C9H14N2. The van der Waals surface area contributed by atoms with Gasteiger partial charge in [0.05, 0.1) is 17.5 Å². The number of hydrogen-bond donors (Lipinski definition) is 2. The maximum absolute atomic E-state index is 3.37. The van der Waals surface area contributed by atoms with Crippen molar-refractivity contribution < 1.29 is 1.43 Å². The van der Waals surface area contributed by atoms with Crippen molar-refractivity contribution in [2.45, 2.75) is 19.5 Å². The van der Waals surface area contributed by atoms with Crippen LogP contribution in [0.25, 0.3) is 0 Å². The van der Waals surface area contributed by atoms with Crippen molar-refractivity contribution >= 4 is 11.4 Å². The zero-order valence-corrected chi connectivity index (χ0v) is 6.59. The van der Waals surface area contributed by atoms with Gasteiger partial charge in [-0.05, 0) is 18.6 Å². The lowest BCUT2D eigenvalue weighted by molar-refractivity contribution is 0.802. The van der Waals surface area contributed by atoms with Crippen LogP contribution in [0.1, 0.15) is 14.8 Å². The summed E-state index contributed by atoms with van der Waals surface area (Å²) in [6.45, 7) is 2.16. The first kappa shape index (κ1) is 6.53. The summed E-state index contributed by atoms with van der Waals surface area (Å²) in [7, 11) is 0. The fraction of sp³-hybridized carbons (Fsp3) is 0.333. The van der Waals surface area contributed by atoms with Crippen molar-refractivity contribution in [1.29, 1.82) is 0 Å². The minimum absolute atomic E-state index is 0. The Morgan fingerprint density at radius 2 is 1.82 bits per heavy atom. The summed E-state index contributed by atoms with van der Waals surface area (Å²) in [6, 6.07) is 8.28. The molecule has 2 N–H and O–H groups in total. The predicted molar refractivity (Wildman–Crippen MR) is 49.9 cm³/mol. The molecule has 0 unspecified atom stereocenters. The van der Waals surface area contributed by atoms with Crippen LogP contribution in [0.5, 0.6) is 0 Å². The normalized spacial score (nSPS) is 15.4. The van der Waals surface area contributed by atoms with Crippen molar-refractivity contribution in [2.24, 2.45) is 0 Å². The average Bonchev–Trinajstić information content (AvgIpc) is 2.46. The van der Waals surface area contributed by atoms with E-state index in [4.69, 9.17) is 0 Å². The average molecular weight is 150 g/mol. The molecule has 1 aliphatic rings. The summed E-state index contributed by atoms with van der Waals surface area (Å²) in [4.78, 5) is 0. The van der Waals surface area contributed by atoms with Crippen LogP contribution >= 0.6 is 0 Å². The van der Waals surface area contributed by atoms with E-state index in [0.717, 1.165) is 6.42 Å². The Morgan fingerprint density at radius 3 is 2.27 bits per heavy atom. The maximum Gasteiger partial charge on any atom is 0.0962 e. The quantitative estimate of drug-likeness (QED) is 0.642. The zero-order valence-electron chi connectivity index (χ0n) is 6.59. The third-order valence-corrected chi connectivity index (χ3v) is 1.99. The van der Waals surface area contributed by atoms with Gasteiger partial charge in [0, 0.05) is 1.43 Å². The van der Waals surface area contributed by atoms with Crippen LogP contribution in [-0.2, 0) is 0 Å². The van der Waals surface area contributed by atoms with Gasteiger partial charge < -0.3 is 10.6 Å². The summed E-state index contributed by atoms with van der Waals surface area (Å²) in [5, 5.41) is 6.75. The minimum Gasteiger partial charge on any atom is -0.364 e. The van der Waals surface area contributed by atoms with E-state index in [1.54, 1.807) is 0 Å². The fourth-order valence-corrected chi connectivity index (χ4v) is 1.35. The van der Waals surface area contributed by atoms with E-state index in [1.807, 2.05) is 12.1 Å². The number of para-hydroxylation sites is 2. The van der Waals surface area contributed by atoms with E-state index in [-0.39, 0.29) is 1.43 Å². The Kier molecular flexibility index (Phi) is 1.46. The van der Waals surface area contributed by atoms with Crippen LogP contribution in [0.4, 0.5) is 11.4 Å². The number of nitrogens with one attached hydrogen (secondary N) is 2. The molecule has 2 rings (SSSR count). The summed E-state index contributed by atoms with van der Waals surface area (Å²) < 4.78 is 0. The number of fused-ring (bicyclic) bond motifs is 1. The third-order valence-electron chi connectivity index (χ3n) is 1.99. The molecule has 1 aliphatic heterocycles. The van der Waals surface area contributed by atoms with E-state index in [2.05, 4.69) is 29.7 Å². The molecule has 0 bridgehead atoms. The number of hydrogen-bond acceptors (Lipinski definition) is 2. The monoisotopic (exact) mass is 150 g/mol. The molecular weight excluding hydrogens is 136 g/mol. The predicted octanol–water partition coefficient (Wildman–Crippen LogP) is 2.51. The molecule has 0 radical (unpaired) electrons. The zero-order chi connectivity index (χ0) is 7.68. The Labute approximate surface area is 68.1 Å². The molecule has 1 aromatic rings. The van der Waals surface area contributed by atoms with Gasteiger partial charge in [0.15, 0.2) is 0 Å². The highest BCUT2D eigenvalue weighted by Crippen LogP contribution is 2.28. The Hall–Kier alpha value is -1.18. The van der Waals surface area contributed by atoms with Crippen molar-refractivity contribution in [2.75, 3.05) is 10.6 Å². The maximum atomic E-state index is 3.37. The minimum atomic E-state index is 0. The van der Waals surface area contributed by atoms with Crippen molar-refractivity contribution in [3.8, 4) is 0 Å². The molecule has 60 valence electrons. The number of benzene rings is 1. The smallest absolute Gasteiger partial charge is 0.0962 e. The van der Waals surface area contributed by atoms with Gasteiger partial charge in [-0.3, -0.25) is 0 Å². The highest BCUT2D eigenvalue weighted by molar-refractivity contribution is 5.73. The van der Waals surface area contributed by atoms with Gasteiger partial charge in [-0.2, -0.15) is 0 Å². The Bertz CT molecular complexity index is 237. The van der Waals surface area contributed by atoms with Gasteiger partial charge in [0.25, 0.3) is 0 Å². The standard InChI is InChI=1S/C9H12N2.H2/c1-2-9-10-7-5-3-4-6-8(7)11-9;/h3-6,9-11H,2H2,1H3;1H. The van der Waals surface area contributed by atoms with Gasteiger partial charge in [0.2, 0.25) is 0 Å². The molecule has 0 amide bonds. The van der Waals surface area contributed by atoms with Crippen LogP contribution in [0.3, 0.4) is 0 Å². The van der Waals surface area contributed by atoms with Gasteiger partial charge in [-0.15, -0.1) is 0 Å². The lowest BCUT2D eigenvalue weighted by Gasteiger charge is -2.07. The Morgan fingerprint density at radius 1 is 1.27 bits per heavy atom.